The van der Waals surface area contributed by atoms with Crippen molar-refractivity contribution in [3.05, 3.63) is 68.5 Å². The molecule has 1 aromatic heterocycles. The largest absolute Gasteiger partial charge is 0.424 e. The average Bonchev–Trinajstić information content (AvgIpc) is 3.10. The minimum atomic E-state index is -3.63. The first-order valence-corrected chi connectivity index (χ1v) is 11.5. The van der Waals surface area contributed by atoms with Crippen molar-refractivity contribution in [3.8, 4) is 0 Å². The van der Waals surface area contributed by atoms with Gasteiger partial charge in [0.1, 0.15) is 25.2 Å². The van der Waals surface area contributed by atoms with Crippen LogP contribution in [-0.4, -0.2) is 27.9 Å². The molecule has 156 valence electrons. The van der Waals surface area contributed by atoms with Crippen LogP contribution in [0.2, 0.25) is 0 Å². The van der Waals surface area contributed by atoms with Gasteiger partial charge in [-0.15, -0.1) is 0 Å². The van der Waals surface area contributed by atoms with Crippen molar-refractivity contribution < 1.29 is 23.1 Å². The molecule has 0 saturated carbocycles. The first-order valence-electron chi connectivity index (χ1n) is 9.06. The third-order valence-electron chi connectivity index (χ3n) is 4.84. The standard InChI is InChI=1S/C18H20ClN2O7P/c1-12-8-20(16-7-14-15(27-16)10-26-29(19,24)28-14)18(23)21(17(12)22)11-25-9-13-5-3-2-4-6-13/h2-6,8,14-16H,7,9-11H2,1H3/t14-,15+,16+,29+/m0/s1. The molecule has 2 aliphatic rings. The molecule has 3 heterocycles. The summed E-state index contributed by atoms with van der Waals surface area (Å²) in [5, 5.41) is 0. The summed E-state index contributed by atoms with van der Waals surface area (Å²) in [6.45, 7) is -1.93. The SMILES string of the molecule is Cc1cn([C@H]2C[C@@H]3O[P@@](=O)(Cl)OC[C@H]3O2)c(=O)n(COCc2ccccc2)c1=O. The van der Waals surface area contributed by atoms with E-state index in [1.807, 2.05) is 30.3 Å². The third kappa shape index (κ3) is 4.40. The van der Waals surface area contributed by atoms with Gasteiger partial charge in [-0.25, -0.2) is 13.9 Å². The highest BCUT2D eigenvalue weighted by molar-refractivity contribution is 7.81. The number of benzene rings is 1. The van der Waals surface area contributed by atoms with Gasteiger partial charge in [0, 0.05) is 29.4 Å². The van der Waals surface area contributed by atoms with Crippen LogP contribution in [0, 0.1) is 6.92 Å². The zero-order valence-electron chi connectivity index (χ0n) is 15.6. The Hall–Kier alpha value is -1.74. The zero-order chi connectivity index (χ0) is 20.6. The Morgan fingerprint density at radius 3 is 2.76 bits per heavy atom. The normalized spacial score (nSPS) is 29.0. The van der Waals surface area contributed by atoms with Gasteiger partial charge in [-0.2, -0.15) is 0 Å². The monoisotopic (exact) mass is 442 g/mol. The predicted molar refractivity (Wildman–Crippen MR) is 104 cm³/mol. The topological polar surface area (TPSA) is 98.0 Å². The summed E-state index contributed by atoms with van der Waals surface area (Å²) < 4.78 is 35.8. The summed E-state index contributed by atoms with van der Waals surface area (Å²) in [6.07, 6.45) is -0.0495. The lowest BCUT2D eigenvalue weighted by atomic mass is 10.2. The van der Waals surface area contributed by atoms with E-state index < -0.39 is 36.6 Å². The first-order chi connectivity index (χ1) is 13.8. The lowest BCUT2D eigenvalue weighted by Gasteiger charge is -2.26. The van der Waals surface area contributed by atoms with Crippen LogP contribution in [0.25, 0.3) is 0 Å². The molecule has 29 heavy (non-hydrogen) atoms. The van der Waals surface area contributed by atoms with Crippen LogP contribution in [0.5, 0.6) is 0 Å². The average molecular weight is 443 g/mol. The van der Waals surface area contributed by atoms with Crippen LogP contribution in [0.3, 0.4) is 0 Å². The molecule has 0 amide bonds. The fourth-order valence-electron chi connectivity index (χ4n) is 3.39. The van der Waals surface area contributed by atoms with Gasteiger partial charge in [0.25, 0.3) is 5.56 Å². The van der Waals surface area contributed by atoms with Crippen LogP contribution in [0.1, 0.15) is 23.8 Å². The van der Waals surface area contributed by atoms with Gasteiger partial charge in [-0.3, -0.25) is 18.4 Å². The molecule has 2 fully saturated rings. The van der Waals surface area contributed by atoms with E-state index in [9.17, 15) is 14.2 Å². The van der Waals surface area contributed by atoms with E-state index in [2.05, 4.69) is 0 Å². The second-order valence-corrected chi connectivity index (χ2v) is 9.51. The number of hydrogen-bond acceptors (Lipinski definition) is 7. The molecule has 4 rings (SSSR count). The van der Waals surface area contributed by atoms with Gasteiger partial charge < -0.3 is 9.47 Å². The van der Waals surface area contributed by atoms with Crippen LogP contribution < -0.4 is 11.2 Å². The molecular weight excluding hydrogens is 423 g/mol. The fraction of sp³-hybridized carbons (Fsp3) is 0.444. The highest BCUT2D eigenvalue weighted by Gasteiger charge is 2.46. The third-order valence-corrected chi connectivity index (χ3v) is 6.36. The molecule has 2 aliphatic heterocycles. The molecule has 0 N–H and O–H groups in total. The highest BCUT2D eigenvalue weighted by atomic mass is 35.7. The van der Waals surface area contributed by atoms with Gasteiger partial charge >= 0.3 is 12.6 Å². The van der Waals surface area contributed by atoms with E-state index in [0.29, 0.717) is 5.56 Å². The van der Waals surface area contributed by atoms with Crippen LogP contribution in [-0.2, 0) is 36.4 Å². The maximum absolute atomic E-state index is 12.9. The number of aryl methyl sites for hydroxylation is 1. The van der Waals surface area contributed by atoms with Crippen molar-refractivity contribution in [2.75, 3.05) is 6.61 Å². The molecule has 2 aromatic rings. The molecule has 9 nitrogen and oxygen atoms in total. The molecule has 0 aliphatic carbocycles. The molecule has 0 radical (unpaired) electrons. The lowest BCUT2D eigenvalue weighted by Crippen LogP contribution is -2.42. The summed E-state index contributed by atoms with van der Waals surface area (Å²) in [5.41, 5.74) is 0.304. The van der Waals surface area contributed by atoms with Gasteiger partial charge in [0.05, 0.1) is 13.2 Å². The van der Waals surface area contributed by atoms with E-state index >= 15 is 0 Å². The Morgan fingerprint density at radius 2 is 2.00 bits per heavy atom. The van der Waals surface area contributed by atoms with Crippen molar-refractivity contribution in [3.63, 3.8) is 0 Å². The summed E-state index contributed by atoms with van der Waals surface area (Å²) in [5.74, 6) is 0. The number of ether oxygens (including phenoxy) is 2. The lowest BCUT2D eigenvalue weighted by molar-refractivity contribution is -0.0571. The number of fused-ring (bicyclic) bond motifs is 1. The van der Waals surface area contributed by atoms with Crippen molar-refractivity contribution in [1.29, 1.82) is 0 Å². The quantitative estimate of drug-likeness (QED) is 0.656. The van der Waals surface area contributed by atoms with Crippen LogP contribution in [0.4, 0.5) is 0 Å². The predicted octanol–water partition coefficient (Wildman–Crippen LogP) is 2.54. The first kappa shape index (κ1) is 20.5. The Kier molecular flexibility index (Phi) is 5.79. The molecule has 11 heteroatoms. The van der Waals surface area contributed by atoms with Gasteiger partial charge in [-0.1, -0.05) is 30.3 Å². The Balaban J connectivity index is 1.53. The second kappa shape index (κ2) is 8.18. The fourth-order valence-corrected chi connectivity index (χ4v) is 4.80. The molecule has 1 aromatic carbocycles. The molecule has 0 bridgehead atoms. The van der Waals surface area contributed by atoms with E-state index in [4.69, 9.17) is 29.8 Å². The molecule has 0 spiro atoms. The maximum Gasteiger partial charge on any atom is 0.424 e. The Bertz CT molecular complexity index is 1050. The number of nitrogens with zero attached hydrogens (tertiary/aromatic N) is 2. The van der Waals surface area contributed by atoms with Crippen molar-refractivity contribution in [2.45, 2.75) is 45.1 Å². The minimum Gasteiger partial charge on any atom is -0.356 e. The maximum atomic E-state index is 12.9. The number of hydrogen-bond donors (Lipinski definition) is 0. The van der Waals surface area contributed by atoms with Crippen LogP contribution >= 0.6 is 18.2 Å². The highest BCUT2D eigenvalue weighted by Crippen LogP contribution is 2.59. The summed E-state index contributed by atoms with van der Waals surface area (Å²) in [6, 6.07) is 9.44. The number of rotatable bonds is 5. The molecule has 2 saturated heterocycles. The minimum absolute atomic E-state index is 0.00943. The van der Waals surface area contributed by atoms with E-state index in [1.54, 1.807) is 6.92 Å². The smallest absolute Gasteiger partial charge is 0.356 e. The summed E-state index contributed by atoms with van der Waals surface area (Å²) in [4.78, 5) is 25.4. The van der Waals surface area contributed by atoms with Crippen molar-refractivity contribution >= 4 is 18.2 Å². The Labute approximate surface area is 171 Å². The summed E-state index contributed by atoms with van der Waals surface area (Å²) >= 11 is 5.67. The Morgan fingerprint density at radius 1 is 1.24 bits per heavy atom. The second-order valence-electron chi connectivity index (χ2n) is 6.93. The van der Waals surface area contributed by atoms with Crippen molar-refractivity contribution in [2.24, 2.45) is 0 Å². The number of halogens is 1. The van der Waals surface area contributed by atoms with Crippen LogP contribution in [0.15, 0.2) is 46.1 Å². The van der Waals surface area contributed by atoms with Gasteiger partial charge in [0.15, 0.2) is 0 Å². The molecule has 4 atom stereocenters. The summed E-state index contributed by atoms with van der Waals surface area (Å²) in [7, 11) is 0. The van der Waals surface area contributed by atoms with Gasteiger partial charge in [-0.05, 0) is 12.5 Å². The van der Waals surface area contributed by atoms with E-state index in [-0.39, 0.29) is 26.4 Å². The van der Waals surface area contributed by atoms with E-state index in [0.717, 1.165) is 10.1 Å². The van der Waals surface area contributed by atoms with Crippen molar-refractivity contribution in [1.82, 2.24) is 9.13 Å². The number of aromatic nitrogens is 2. The molecular formula is C18H20ClN2O7P. The van der Waals surface area contributed by atoms with Gasteiger partial charge in [0.2, 0.25) is 0 Å². The molecule has 0 unspecified atom stereocenters. The van der Waals surface area contributed by atoms with E-state index in [1.165, 1.54) is 10.8 Å². The zero-order valence-corrected chi connectivity index (χ0v) is 17.3.